The van der Waals surface area contributed by atoms with E-state index in [0.717, 1.165) is 25.2 Å². The van der Waals surface area contributed by atoms with Crippen LogP contribution in [0.5, 0.6) is 0 Å². The summed E-state index contributed by atoms with van der Waals surface area (Å²) in [7, 11) is 2.10. The van der Waals surface area contributed by atoms with Crippen molar-refractivity contribution in [1.29, 1.82) is 0 Å². The number of carbonyl (C=O) groups is 1. The molecule has 0 fully saturated rings. The number of nitrogens with one attached hydrogen (secondary N) is 1. The Kier molecular flexibility index (Phi) is 3.77. The number of rotatable bonds is 3. The zero-order chi connectivity index (χ0) is 15.0. The minimum absolute atomic E-state index is 0.152. The van der Waals surface area contributed by atoms with E-state index in [1.807, 2.05) is 13.8 Å². The number of amides is 1. The van der Waals surface area contributed by atoms with Crippen molar-refractivity contribution < 1.29 is 4.79 Å². The SMILES string of the molecule is CC(C)n1nccc1C(=O)Nc1nc2c(s1)CN(C)CC2. The lowest BCUT2D eigenvalue weighted by atomic mass is 10.2. The predicted octanol–water partition coefficient (Wildman–Crippen LogP) is 2.16. The fraction of sp³-hybridized carbons (Fsp3) is 0.500. The number of aromatic nitrogens is 3. The van der Waals surface area contributed by atoms with Gasteiger partial charge in [0.05, 0.1) is 5.69 Å². The molecular formula is C14H19N5OS. The number of thiazole rings is 1. The van der Waals surface area contributed by atoms with Crippen molar-refractivity contribution in [2.24, 2.45) is 0 Å². The molecule has 6 nitrogen and oxygen atoms in total. The van der Waals surface area contributed by atoms with E-state index in [2.05, 4.69) is 27.3 Å². The molecule has 2 aromatic rings. The van der Waals surface area contributed by atoms with E-state index in [1.165, 1.54) is 4.88 Å². The normalized spacial score (nSPS) is 15.2. The Morgan fingerprint density at radius 2 is 2.29 bits per heavy atom. The second kappa shape index (κ2) is 5.57. The Bertz CT molecular complexity index is 660. The molecule has 0 aromatic carbocycles. The first-order valence-corrected chi connectivity index (χ1v) is 7.88. The van der Waals surface area contributed by atoms with Crippen molar-refractivity contribution in [3.05, 3.63) is 28.5 Å². The Morgan fingerprint density at radius 3 is 3.05 bits per heavy atom. The summed E-state index contributed by atoms with van der Waals surface area (Å²) in [6.07, 6.45) is 2.60. The minimum atomic E-state index is -0.152. The van der Waals surface area contributed by atoms with E-state index >= 15 is 0 Å². The molecule has 3 rings (SSSR count). The molecule has 0 saturated heterocycles. The number of hydrogen-bond acceptors (Lipinski definition) is 5. The maximum Gasteiger partial charge on any atom is 0.275 e. The Balaban J connectivity index is 1.78. The minimum Gasteiger partial charge on any atom is -0.301 e. The van der Waals surface area contributed by atoms with Crippen LogP contribution in [0.3, 0.4) is 0 Å². The highest BCUT2D eigenvalue weighted by Gasteiger charge is 2.20. The fourth-order valence-corrected chi connectivity index (χ4v) is 3.53. The van der Waals surface area contributed by atoms with E-state index in [4.69, 9.17) is 0 Å². The lowest BCUT2D eigenvalue weighted by molar-refractivity contribution is 0.101. The van der Waals surface area contributed by atoms with Crippen LogP contribution in [0.4, 0.5) is 5.13 Å². The van der Waals surface area contributed by atoms with Gasteiger partial charge in [-0.05, 0) is 27.0 Å². The standard InChI is InChI=1S/C14H19N5OS/c1-9(2)19-11(4-6-15-19)13(20)17-14-16-10-5-7-18(3)8-12(10)21-14/h4,6,9H,5,7-8H2,1-3H3,(H,16,17,20). The van der Waals surface area contributed by atoms with Crippen LogP contribution in [-0.4, -0.2) is 39.2 Å². The second-order valence-electron chi connectivity index (χ2n) is 5.59. The molecule has 2 aromatic heterocycles. The van der Waals surface area contributed by atoms with Crippen molar-refractivity contribution in [1.82, 2.24) is 19.7 Å². The molecule has 112 valence electrons. The lowest BCUT2D eigenvalue weighted by Gasteiger charge is -2.20. The summed E-state index contributed by atoms with van der Waals surface area (Å²) in [5.74, 6) is -0.152. The largest absolute Gasteiger partial charge is 0.301 e. The summed E-state index contributed by atoms with van der Waals surface area (Å²) in [5.41, 5.74) is 1.68. The van der Waals surface area contributed by atoms with Crippen LogP contribution in [0.2, 0.25) is 0 Å². The van der Waals surface area contributed by atoms with E-state index in [9.17, 15) is 4.79 Å². The third-order valence-electron chi connectivity index (χ3n) is 3.53. The van der Waals surface area contributed by atoms with Gasteiger partial charge in [0, 0.05) is 36.6 Å². The molecule has 0 spiro atoms. The van der Waals surface area contributed by atoms with Crippen LogP contribution in [-0.2, 0) is 13.0 Å². The van der Waals surface area contributed by atoms with Gasteiger partial charge in [-0.3, -0.25) is 14.8 Å². The van der Waals surface area contributed by atoms with Gasteiger partial charge in [0.15, 0.2) is 5.13 Å². The molecule has 0 saturated carbocycles. The van der Waals surface area contributed by atoms with Gasteiger partial charge in [-0.15, -0.1) is 11.3 Å². The van der Waals surface area contributed by atoms with Crippen molar-refractivity contribution in [3.8, 4) is 0 Å². The summed E-state index contributed by atoms with van der Waals surface area (Å²) in [6.45, 7) is 5.93. The van der Waals surface area contributed by atoms with E-state index in [1.54, 1.807) is 28.3 Å². The van der Waals surface area contributed by atoms with Crippen LogP contribution < -0.4 is 5.32 Å². The molecule has 0 radical (unpaired) electrons. The van der Waals surface area contributed by atoms with Crippen molar-refractivity contribution in [2.75, 3.05) is 18.9 Å². The number of carbonyl (C=O) groups excluding carboxylic acids is 1. The molecule has 1 aliphatic heterocycles. The maximum atomic E-state index is 12.4. The zero-order valence-corrected chi connectivity index (χ0v) is 13.3. The molecule has 0 atom stereocenters. The number of nitrogens with zero attached hydrogens (tertiary/aromatic N) is 4. The molecule has 7 heteroatoms. The van der Waals surface area contributed by atoms with E-state index in [-0.39, 0.29) is 11.9 Å². The highest BCUT2D eigenvalue weighted by Crippen LogP contribution is 2.28. The molecule has 21 heavy (non-hydrogen) atoms. The van der Waals surface area contributed by atoms with Gasteiger partial charge < -0.3 is 4.90 Å². The van der Waals surface area contributed by atoms with E-state index < -0.39 is 0 Å². The van der Waals surface area contributed by atoms with Gasteiger partial charge in [-0.1, -0.05) is 0 Å². The first-order chi connectivity index (χ1) is 10.0. The topological polar surface area (TPSA) is 63.1 Å². The predicted molar refractivity (Wildman–Crippen MR) is 82.7 cm³/mol. The number of fused-ring (bicyclic) bond motifs is 1. The maximum absolute atomic E-state index is 12.4. The molecule has 1 aliphatic rings. The number of hydrogen-bond donors (Lipinski definition) is 1. The van der Waals surface area contributed by atoms with Crippen molar-refractivity contribution >= 4 is 22.4 Å². The third-order valence-corrected chi connectivity index (χ3v) is 4.53. The lowest BCUT2D eigenvalue weighted by Crippen LogP contribution is -2.25. The molecular weight excluding hydrogens is 286 g/mol. The summed E-state index contributed by atoms with van der Waals surface area (Å²) in [4.78, 5) is 20.4. The first kappa shape index (κ1) is 14.2. The monoisotopic (exact) mass is 305 g/mol. The fourth-order valence-electron chi connectivity index (χ4n) is 2.44. The van der Waals surface area contributed by atoms with E-state index in [0.29, 0.717) is 10.8 Å². The zero-order valence-electron chi connectivity index (χ0n) is 12.5. The van der Waals surface area contributed by atoms with Crippen LogP contribution in [0.25, 0.3) is 0 Å². The number of anilines is 1. The Hall–Kier alpha value is -1.73. The molecule has 0 unspecified atom stereocenters. The first-order valence-electron chi connectivity index (χ1n) is 7.06. The highest BCUT2D eigenvalue weighted by molar-refractivity contribution is 7.15. The Morgan fingerprint density at radius 1 is 1.48 bits per heavy atom. The van der Waals surface area contributed by atoms with Gasteiger partial charge >= 0.3 is 0 Å². The van der Waals surface area contributed by atoms with Gasteiger partial charge in [0.1, 0.15) is 5.69 Å². The average Bonchev–Trinajstić information content (AvgIpc) is 3.03. The van der Waals surface area contributed by atoms with Crippen LogP contribution in [0, 0.1) is 0 Å². The van der Waals surface area contributed by atoms with Gasteiger partial charge in [0.2, 0.25) is 0 Å². The quantitative estimate of drug-likeness (QED) is 0.944. The highest BCUT2D eigenvalue weighted by atomic mass is 32.1. The molecule has 1 N–H and O–H groups in total. The summed E-state index contributed by atoms with van der Waals surface area (Å²) < 4.78 is 1.72. The second-order valence-corrected chi connectivity index (χ2v) is 6.67. The Labute approximate surface area is 127 Å². The summed E-state index contributed by atoms with van der Waals surface area (Å²) in [6, 6.07) is 1.88. The average molecular weight is 305 g/mol. The third kappa shape index (κ3) is 2.84. The van der Waals surface area contributed by atoms with Gasteiger partial charge in [-0.25, -0.2) is 4.98 Å². The van der Waals surface area contributed by atoms with Crippen LogP contribution in [0.1, 0.15) is 40.9 Å². The molecule has 0 bridgehead atoms. The van der Waals surface area contributed by atoms with Gasteiger partial charge in [0.25, 0.3) is 5.91 Å². The molecule has 1 amide bonds. The van der Waals surface area contributed by atoms with Crippen molar-refractivity contribution in [2.45, 2.75) is 32.9 Å². The summed E-state index contributed by atoms with van der Waals surface area (Å²) >= 11 is 1.56. The number of likely N-dealkylation sites (N-methyl/N-ethyl adjacent to an activating group) is 1. The van der Waals surface area contributed by atoms with Crippen LogP contribution >= 0.6 is 11.3 Å². The van der Waals surface area contributed by atoms with Crippen molar-refractivity contribution in [3.63, 3.8) is 0 Å². The molecule has 3 heterocycles. The molecule has 0 aliphatic carbocycles. The van der Waals surface area contributed by atoms with Crippen LogP contribution in [0.15, 0.2) is 12.3 Å². The van der Waals surface area contributed by atoms with Gasteiger partial charge in [-0.2, -0.15) is 5.10 Å². The smallest absolute Gasteiger partial charge is 0.275 e. The summed E-state index contributed by atoms with van der Waals surface area (Å²) in [5, 5.41) is 7.76.